The summed E-state index contributed by atoms with van der Waals surface area (Å²) in [5, 5.41) is 3.32. The van der Waals surface area contributed by atoms with Crippen molar-refractivity contribution >= 4 is 39.8 Å². The van der Waals surface area contributed by atoms with Crippen LogP contribution in [-0.2, 0) is 9.84 Å². The Bertz CT molecular complexity index is 665. The largest absolute Gasteiger partial charge is 0.357 e. The lowest BCUT2D eigenvalue weighted by molar-refractivity contribution is 0.215. The molecule has 0 aliphatic carbocycles. The fraction of sp³-hybridized carbons (Fsp3) is 0.632. The Hall–Kier alpha value is -0.830. The normalized spacial score (nSPS) is 21.2. The molecule has 2 unspecified atom stereocenters. The van der Waals surface area contributed by atoms with Gasteiger partial charge in [-0.05, 0) is 30.7 Å². The summed E-state index contributed by atoms with van der Waals surface area (Å²) in [6.45, 7) is 7.29. The second kappa shape index (κ2) is 11.1. The topological polar surface area (TPSA) is 61.8 Å². The van der Waals surface area contributed by atoms with Crippen molar-refractivity contribution in [2.75, 3.05) is 38.2 Å². The molecule has 0 bridgehead atoms. The third kappa shape index (κ3) is 7.06. The molecule has 1 N–H and O–H groups in total. The highest BCUT2D eigenvalue weighted by Crippen LogP contribution is 2.34. The molecular weight excluding hydrogens is 461 g/mol. The molecule has 1 aromatic carbocycles. The maximum absolute atomic E-state index is 11.3. The molecule has 0 radical (unpaired) electrons. The highest BCUT2D eigenvalue weighted by Gasteiger charge is 2.30. The summed E-state index contributed by atoms with van der Waals surface area (Å²) < 4.78 is 22.7. The van der Waals surface area contributed by atoms with Crippen molar-refractivity contribution in [2.45, 2.75) is 32.6 Å². The van der Waals surface area contributed by atoms with Gasteiger partial charge in [0, 0.05) is 25.9 Å². The van der Waals surface area contributed by atoms with Crippen LogP contribution >= 0.6 is 24.0 Å². The summed E-state index contributed by atoms with van der Waals surface area (Å²) in [5.41, 5.74) is 1.42. The van der Waals surface area contributed by atoms with Crippen LogP contribution in [-0.4, -0.2) is 57.5 Å². The van der Waals surface area contributed by atoms with Crippen molar-refractivity contribution in [1.29, 1.82) is 0 Å². The number of hydrogen-bond donors (Lipinski definition) is 1. The number of nitrogens with one attached hydrogen (secondary N) is 1. The molecule has 0 saturated carbocycles. The van der Waals surface area contributed by atoms with Crippen LogP contribution in [0.2, 0.25) is 0 Å². The minimum absolute atomic E-state index is 0. The zero-order chi connectivity index (χ0) is 18.3. The van der Waals surface area contributed by atoms with E-state index in [1.807, 2.05) is 6.92 Å². The number of hydrogen-bond acceptors (Lipinski definition) is 3. The van der Waals surface area contributed by atoms with Gasteiger partial charge < -0.3 is 10.2 Å². The van der Waals surface area contributed by atoms with Crippen LogP contribution < -0.4 is 5.32 Å². The van der Waals surface area contributed by atoms with Gasteiger partial charge in [-0.3, -0.25) is 4.99 Å². The first kappa shape index (κ1) is 23.2. The summed E-state index contributed by atoms with van der Waals surface area (Å²) in [6.07, 6.45) is 3.48. The van der Waals surface area contributed by atoms with Gasteiger partial charge in [-0.2, -0.15) is 0 Å². The third-order valence-electron chi connectivity index (χ3n) is 4.84. The van der Waals surface area contributed by atoms with Gasteiger partial charge in [-0.1, -0.05) is 43.7 Å². The zero-order valence-electron chi connectivity index (χ0n) is 16.0. The molecule has 0 amide bonds. The van der Waals surface area contributed by atoms with Crippen molar-refractivity contribution in [3.8, 4) is 0 Å². The van der Waals surface area contributed by atoms with E-state index in [2.05, 4.69) is 52.5 Å². The SMILES string of the molecule is CCNC(=NCCS(C)(=O)=O)N1CCC(c2ccccc2)C(CC)C1.I. The van der Waals surface area contributed by atoms with E-state index < -0.39 is 9.84 Å². The highest BCUT2D eigenvalue weighted by molar-refractivity contribution is 14.0. The van der Waals surface area contributed by atoms with Gasteiger partial charge in [0.25, 0.3) is 0 Å². The van der Waals surface area contributed by atoms with E-state index in [-0.39, 0.29) is 29.7 Å². The van der Waals surface area contributed by atoms with Crippen LogP contribution in [0.4, 0.5) is 0 Å². The number of sulfone groups is 1. The van der Waals surface area contributed by atoms with E-state index in [1.54, 1.807) is 0 Å². The molecule has 1 saturated heterocycles. The van der Waals surface area contributed by atoms with Gasteiger partial charge in [0.2, 0.25) is 0 Å². The summed E-state index contributed by atoms with van der Waals surface area (Å²) in [6, 6.07) is 10.8. The third-order valence-corrected chi connectivity index (χ3v) is 5.77. The van der Waals surface area contributed by atoms with Gasteiger partial charge in [0.15, 0.2) is 5.96 Å². The Kier molecular flexibility index (Phi) is 9.92. The summed E-state index contributed by atoms with van der Waals surface area (Å²) in [4.78, 5) is 6.83. The van der Waals surface area contributed by atoms with Gasteiger partial charge in [-0.25, -0.2) is 8.42 Å². The molecule has 26 heavy (non-hydrogen) atoms. The average Bonchev–Trinajstić information content (AvgIpc) is 2.60. The van der Waals surface area contributed by atoms with E-state index in [0.29, 0.717) is 18.4 Å². The Morgan fingerprint density at radius 3 is 2.54 bits per heavy atom. The zero-order valence-corrected chi connectivity index (χ0v) is 19.2. The molecule has 2 rings (SSSR count). The number of aliphatic imine (C=N–C) groups is 1. The van der Waals surface area contributed by atoms with Crippen LogP contribution in [0.15, 0.2) is 35.3 Å². The smallest absolute Gasteiger partial charge is 0.193 e. The molecule has 5 nitrogen and oxygen atoms in total. The minimum atomic E-state index is -2.98. The number of piperidine rings is 1. The van der Waals surface area contributed by atoms with E-state index in [1.165, 1.54) is 11.8 Å². The molecule has 148 valence electrons. The first-order chi connectivity index (χ1) is 11.9. The molecule has 0 spiro atoms. The number of nitrogens with zero attached hydrogens (tertiary/aromatic N) is 2. The molecular formula is C19H32IN3O2S. The molecule has 1 aliphatic rings. The fourth-order valence-electron chi connectivity index (χ4n) is 3.52. The second-order valence-corrected chi connectivity index (χ2v) is 9.05. The van der Waals surface area contributed by atoms with Crippen LogP contribution in [0.25, 0.3) is 0 Å². The summed E-state index contributed by atoms with van der Waals surface area (Å²) in [7, 11) is -2.98. The molecule has 1 heterocycles. The van der Waals surface area contributed by atoms with Crippen molar-refractivity contribution in [3.05, 3.63) is 35.9 Å². The van der Waals surface area contributed by atoms with E-state index in [4.69, 9.17) is 0 Å². The lowest BCUT2D eigenvalue weighted by atomic mass is 9.79. The molecule has 1 aliphatic heterocycles. The number of likely N-dealkylation sites (tertiary alicyclic amines) is 1. The van der Waals surface area contributed by atoms with E-state index in [9.17, 15) is 8.42 Å². The number of benzene rings is 1. The highest BCUT2D eigenvalue weighted by atomic mass is 127. The minimum Gasteiger partial charge on any atom is -0.357 e. The first-order valence-corrected chi connectivity index (χ1v) is 11.3. The molecule has 0 aromatic heterocycles. The van der Waals surface area contributed by atoms with Gasteiger partial charge in [-0.15, -0.1) is 24.0 Å². The molecule has 2 atom stereocenters. The molecule has 1 aromatic rings. The Labute approximate surface area is 175 Å². The Balaban J connectivity index is 0.00000338. The average molecular weight is 493 g/mol. The van der Waals surface area contributed by atoms with Crippen molar-refractivity contribution in [1.82, 2.24) is 10.2 Å². The molecule has 7 heteroatoms. The molecule has 1 fully saturated rings. The fourth-order valence-corrected chi connectivity index (χ4v) is 3.94. The van der Waals surface area contributed by atoms with E-state index in [0.717, 1.165) is 38.4 Å². The predicted octanol–water partition coefficient (Wildman–Crippen LogP) is 3.13. The van der Waals surface area contributed by atoms with Crippen LogP contribution in [0.1, 0.15) is 38.2 Å². The monoisotopic (exact) mass is 493 g/mol. The van der Waals surface area contributed by atoms with Crippen molar-refractivity contribution in [2.24, 2.45) is 10.9 Å². The van der Waals surface area contributed by atoms with Crippen LogP contribution in [0, 0.1) is 5.92 Å². The maximum atomic E-state index is 11.3. The number of rotatable bonds is 6. The van der Waals surface area contributed by atoms with Gasteiger partial charge in [0.05, 0.1) is 12.3 Å². The Morgan fingerprint density at radius 2 is 1.96 bits per heavy atom. The maximum Gasteiger partial charge on any atom is 0.193 e. The number of halogens is 1. The quantitative estimate of drug-likeness (QED) is 0.376. The van der Waals surface area contributed by atoms with Crippen LogP contribution in [0.5, 0.6) is 0 Å². The standard InChI is InChI=1S/C19H31N3O2S.HI/c1-4-16-15-22(13-11-18(16)17-9-7-6-8-10-17)19(20-5-2)21-12-14-25(3,23)24;/h6-10,16,18H,4-5,11-15H2,1-3H3,(H,20,21);1H. The lowest BCUT2D eigenvalue weighted by Crippen LogP contribution is -2.48. The lowest BCUT2D eigenvalue weighted by Gasteiger charge is -2.40. The van der Waals surface area contributed by atoms with Crippen LogP contribution in [0.3, 0.4) is 0 Å². The summed E-state index contributed by atoms with van der Waals surface area (Å²) >= 11 is 0. The van der Waals surface area contributed by atoms with Crippen molar-refractivity contribution < 1.29 is 8.42 Å². The van der Waals surface area contributed by atoms with Gasteiger partial charge >= 0.3 is 0 Å². The first-order valence-electron chi connectivity index (χ1n) is 9.20. The summed E-state index contributed by atoms with van der Waals surface area (Å²) in [5.74, 6) is 2.10. The van der Waals surface area contributed by atoms with Gasteiger partial charge in [0.1, 0.15) is 9.84 Å². The Morgan fingerprint density at radius 1 is 1.27 bits per heavy atom. The van der Waals surface area contributed by atoms with Crippen molar-refractivity contribution in [3.63, 3.8) is 0 Å². The number of guanidine groups is 1. The predicted molar refractivity (Wildman–Crippen MR) is 120 cm³/mol. The second-order valence-electron chi connectivity index (χ2n) is 6.79. The van der Waals surface area contributed by atoms with E-state index >= 15 is 0 Å².